The van der Waals surface area contributed by atoms with Crippen molar-refractivity contribution in [3.8, 4) is 0 Å². The lowest BCUT2D eigenvalue weighted by Crippen LogP contribution is -2.00. The predicted molar refractivity (Wildman–Crippen MR) is 51.0 cm³/mol. The predicted octanol–water partition coefficient (Wildman–Crippen LogP) is 3.02. The van der Waals surface area contributed by atoms with Gasteiger partial charge >= 0.3 is 0 Å². The highest BCUT2D eigenvalue weighted by Crippen LogP contribution is 2.18. The summed E-state index contributed by atoms with van der Waals surface area (Å²) in [6.45, 7) is 3.57. The van der Waals surface area contributed by atoms with E-state index in [1.54, 1.807) is 6.08 Å². The molecule has 0 N–H and O–H groups in total. The van der Waals surface area contributed by atoms with Crippen molar-refractivity contribution < 1.29 is 4.79 Å². The van der Waals surface area contributed by atoms with Crippen molar-refractivity contribution in [2.45, 2.75) is 38.5 Å². The number of carbonyl (C=O) groups excluding carboxylic acids is 1. The summed E-state index contributed by atoms with van der Waals surface area (Å²) in [5.74, 6) is 0.270. The first-order valence-electron chi connectivity index (χ1n) is 4.67. The van der Waals surface area contributed by atoms with Gasteiger partial charge in [0, 0.05) is 6.42 Å². The van der Waals surface area contributed by atoms with Crippen LogP contribution in [0.1, 0.15) is 38.5 Å². The van der Waals surface area contributed by atoms with Crippen molar-refractivity contribution in [2.75, 3.05) is 0 Å². The summed E-state index contributed by atoms with van der Waals surface area (Å²) in [7, 11) is 0. The van der Waals surface area contributed by atoms with E-state index in [0.29, 0.717) is 6.42 Å². The number of carbonyl (C=O) groups is 1. The molecule has 1 rings (SSSR count). The van der Waals surface area contributed by atoms with Gasteiger partial charge in [0.2, 0.25) is 0 Å². The van der Waals surface area contributed by atoms with Crippen molar-refractivity contribution >= 4 is 5.78 Å². The third-order valence-electron chi connectivity index (χ3n) is 2.23. The SMILES string of the molecule is C=CCC(=O)C1=CCCCCC1. The fourth-order valence-electron chi connectivity index (χ4n) is 1.53. The minimum absolute atomic E-state index is 0.270. The number of rotatable bonds is 3. The number of allylic oxidation sites excluding steroid dienone is 3. The maximum atomic E-state index is 11.4. The maximum Gasteiger partial charge on any atom is 0.162 e. The fraction of sp³-hybridized carbons (Fsp3) is 0.545. The van der Waals surface area contributed by atoms with Crippen LogP contribution in [0.25, 0.3) is 0 Å². The van der Waals surface area contributed by atoms with Gasteiger partial charge in [0.25, 0.3) is 0 Å². The van der Waals surface area contributed by atoms with E-state index >= 15 is 0 Å². The van der Waals surface area contributed by atoms with Crippen LogP contribution in [0.3, 0.4) is 0 Å². The second-order valence-corrected chi connectivity index (χ2v) is 3.24. The van der Waals surface area contributed by atoms with Gasteiger partial charge in [0.1, 0.15) is 0 Å². The van der Waals surface area contributed by atoms with E-state index in [0.717, 1.165) is 18.4 Å². The Labute approximate surface area is 74.2 Å². The molecule has 0 bridgehead atoms. The normalized spacial score (nSPS) is 17.8. The average Bonchev–Trinajstić information content (AvgIpc) is 2.32. The number of Topliss-reactive ketones (excluding diaryl/α,β-unsaturated/α-hetero) is 1. The molecule has 1 aliphatic carbocycles. The Hall–Kier alpha value is -0.850. The second kappa shape index (κ2) is 4.91. The molecule has 1 nitrogen and oxygen atoms in total. The van der Waals surface area contributed by atoms with Crippen molar-refractivity contribution in [1.29, 1.82) is 0 Å². The van der Waals surface area contributed by atoms with Crippen LogP contribution in [0.2, 0.25) is 0 Å². The smallest absolute Gasteiger partial charge is 0.162 e. The first-order chi connectivity index (χ1) is 5.84. The quantitative estimate of drug-likeness (QED) is 0.586. The van der Waals surface area contributed by atoms with Crippen molar-refractivity contribution in [2.24, 2.45) is 0 Å². The molecule has 0 amide bonds. The summed E-state index contributed by atoms with van der Waals surface area (Å²) >= 11 is 0. The van der Waals surface area contributed by atoms with E-state index in [-0.39, 0.29) is 5.78 Å². The molecule has 0 saturated heterocycles. The van der Waals surface area contributed by atoms with Crippen LogP contribution in [0.4, 0.5) is 0 Å². The van der Waals surface area contributed by atoms with Gasteiger partial charge in [0.05, 0.1) is 0 Å². The molecule has 0 aromatic rings. The van der Waals surface area contributed by atoms with E-state index in [2.05, 4.69) is 12.7 Å². The summed E-state index contributed by atoms with van der Waals surface area (Å²) < 4.78 is 0. The lowest BCUT2D eigenvalue weighted by molar-refractivity contribution is -0.114. The standard InChI is InChI=1S/C11H16O/c1-2-7-11(12)10-8-5-3-4-6-9-10/h2,8H,1,3-7,9H2. The molecule has 0 fully saturated rings. The first kappa shape index (κ1) is 9.24. The minimum Gasteiger partial charge on any atom is -0.294 e. The molecule has 66 valence electrons. The highest BCUT2D eigenvalue weighted by Gasteiger charge is 2.08. The molecule has 0 aliphatic heterocycles. The topological polar surface area (TPSA) is 17.1 Å². The van der Waals surface area contributed by atoms with Crippen LogP contribution >= 0.6 is 0 Å². The summed E-state index contributed by atoms with van der Waals surface area (Å²) in [6.07, 6.45) is 10.0. The Bertz CT molecular complexity index is 201. The monoisotopic (exact) mass is 164 g/mol. The van der Waals surface area contributed by atoms with E-state index in [9.17, 15) is 4.79 Å². The molecule has 0 saturated carbocycles. The van der Waals surface area contributed by atoms with E-state index in [4.69, 9.17) is 0 Å². The zero-order valence-corrected chi connectivity index (χ0v) is 7.51. The Morgan fingerprint density at radius 2 is 2.33 bits per heavy atom. The zero-order chi connectivity index (χ0) is 8.81. The molecule has 0 heterocycles. The van der Waals surface area contributed by atoms with Crippen molar-refractivity contribution in [3.63, 3.8) is 0 Å². The maximum absolute atomic E-state index is 11.4. The highest BCUT2D eigenvalue weighted by molar-refractivity contribution is 5.96. The largest absolute Gasteiger partial charge is 0.294 e. The second-order valence-electron chi connectivity index (χ2n) is 3.24. The van der Waals surface area contributed by atoms with Gasteiger partial charge in [-0.3, -0.25) is 4.79 Å². The Kier molecular flexibility index (Phi) is 3.78. The highest BCUT2D eigenvalue weighted by atomic mass is 16.1. The average molecular weight is 164 g/mol. The third kappa shape index (κ3) is 2.65. The fourth-order valence-corrected chi connectivity index (χ4v) is 1.53. The van der Waals surface area contributed by atoms with Gasteiger partial charge < -0.3 is 0 Å². The molecular formula is C11H16O. The Balaban J connectivity index is 2.52. The first-order valence-corrected chi connectivity index (χ1v) is 4.67. The van der Waals surface area contributed by atoms with Gasteiger partial charge in [-0.15, -0.1) is 6.58 Å². The van der Waals surface area contributed by atoms with Gasteiger partial charge in [-0.2, -0.15) is 0 Å². The molecule has 1 aliphatic rings. The number of ketones is 1. The Morgan fingerprint density at radius 3 is 3.08 bits per heavy atom. The summed E-state index contributed by atoms with van der Waals surface area (Å²) in [5, 5.41) is 0. The van der Waals surface area contributed by atoms with E-state index < -0.39 is 0 Å². The van der Waals surface area contributed by atoms with Gasteiger partial charge in [0.15, 0.2) is 5.78 Å². The van der Waals surface area contributed by atoms with Crippen LogP contribution < -0.4 is 0 Å². The van der Waals surface area contributed by atoms with Gasteiger partial charge in [-0.25, -0.2) is 0 Å². The summed E-state index contributed by atoms with van der Waals surface area (Å²) in [4.78, 5) is 11.4. The third-order valence-corrected chi connectivity index (χ3v) is 2.23. The molecule has 0 aromatic carbocycles. The lowest BCUT2D eigenvalue weighted by Gasteiger charge is -2.00. The molecule has 0 aromatic heterocycles. The number of hydrogen-bond donors (Lipinski definition) is 0. The van der Waals surface area contributed by atoms with Crippen LogP contribution in [0, 0.1) is 0 Å². The van der Waals surface area contributed by atoms with Gasteiger partial charge in [-0.05, 0) is 31.3 Å². The van der Waals surface area contributed by atoms with Crippen LogP contribution in [-0.4, -0.2) is 5.78 Å². The van der Waals surface area contributed by atoms with Crippen molar-refractivity contribution in [1.82, 2.24) is 0 Å². The number of hydrogen-bond acceptors (Lipinski definition) is 1. The van der Waals surface area contributed by atoms with Crippen LogP contribution in [0.5, 0.6) is 0 Å². The molecule has 12 heavy (non-hydrogen) atoms. The van der Waals surface area contributed by atoms with Gasteiger partial charge in [-0.1, -0.05) is 18.6 Å². The summed E-state index contributed by atoms with van der Waals surface area (Å²) in [6, 6.07) is 0. The molecular weight excluding hydrogens is 148 g/mol. The van der Waals surface area contributed by atoms with Crippen LogP contribution in [-0.2, 0) is 4.79 Å². The lowest BCUT2D eigenvalue weighted by atomic mass is 10.0. The Morgan fingerprint density at radius 1 is 1.50 bits per heavy atom. The minimum atomic E-state index is 0.270. The summed E-state index contributed by atoms with van der Waals surface area (Å²) in [5.41, 5.74) is 1.03. The molecule has 0 spiro atoms. The van der Waals surface area contributed by atoms with E-state index in [1.807, 2.05) is 0 Å². The molecule has 1 heteroatoms. The molecule has 0 atom stereocenters. The molecule has 0 radical (unpaired) electrons. The van der Waals surface area contributed by atoms with Crippen LogP contribution in [0.15, 0.2) is 24.3 Å². The van der Waals surface area contributed by atoms with Crippen molar-refractivity contribution in [3.05, 3.63) is 24.3 Å². The van der Waals surface area contributed by atoms with E-state index in [1.165, 1.54) is 19.3 Å². The molecule has 0 unspecified atom stereocenters. The zero-order valence-electron chi connectivity index (χ0n) is 7.51.